The first-order chi connectivity index (χ1) is 11.6. The van der Waals surface area contributed by atoms with Crippen LogP contribution in [0.5, 0.6) is 0 Å². The van der Waals surface area contributed by atoms with Crippen molar-refractivity contribution in [2.24, 2.45) is 7.05 Å². The fraction of sp³-hybridized carbons (Fsp3) is 0.444. The van der Waals surface area contributed by atoms with E-state index in [0.717, 1.165) is 52.1 Å². The van der Waals surface area contributed by atoms with Crippen LogP contribution in [-0.4, -0.2) is 27.3 Å². The van der Waals surface area contributed by atoms with Crippen molar-refractivity contribution in [2.45, 2.75) is 37.8 Å². The molecule has 5 nitrogen and oxygen atoms in total. The van der Waals surface area contributed by atoms with Crippen LogP contribution >= 0.6 is 15.9 Å². The Kier molecular flexibility index (Phi) is 3.96. The number of aromatic nitrogens is 3. The van der Waals surface area contributed by atoms with Crippen molar-refractivity contribution >= 4 is 37.9 Å². The smallest absolute Gasteiger partial charge is 0.329 e. The highest BCUT2D eigenvalue weighted by atomic mass is 79.9. The van der Waals surface area contributed by atoms with Gasteiger partial charge in [-0.05, 0) is 43.9 Å². The zero-order valence-corrected chi connectivity index (χ0v) is 15.4. The highest BCUT2D eigenvalue weighted by Gasteiger charge is 2.26. The van der Waals surface area contributed by atoms with Gasteiger partial charge in [-0.15, -0.1) is 0 Å². The van der Waals surface area contributed by atoms with Gasteiger partial charge in [0.2, 0.25) is 0 Å². The summed E-state index contributed by atoms with van der Waals surface area (Å²) in [5.41, 5.74) is 2.84. The third-order valence-corrected chi connectivity index (χ3v) is 5.71. The summed E-state index contributed by atoms with van der Waals surface area (Å²) in [5.74, 6) is 0. The molecule has 1 saturated carbocycles. The molecule has 2 heterocycles. The number of imidazole rings is 1. The monoisotopic (exact) mass is 389 g/mol. The van der Waals surface area contributed by atoms with Crippen LogP contribution in [0.1, 0.15) is 31.7 Å². The molecule has 1 aromatic carbocycles. The van der Waals surface area contributed by atoms with Crippen molar-refractivity contribution < 1.29 is 4.74 Å². The topological polar surface area (TPSA) is 49.0 Å². The van der Waals surface area contributed by atoms with Crippen molar-refractivity contribution in [2.75, 3.05) is 7.11 Å². The van der Waals surface area contributed by atoms with Crippen molar-refractivity contribution in [1.29, 1.82) is 0 Å². The zero-order valence-electron chi connectivity index (χ0n) is 13.8. The van der Waals surface area contributed by atoms with Gasteiger partial charge in [-0.25, -0.2) is 4.79 Å². The minimum absolute atomic E-state index is 0.0418. The second-order valence-corrected chi connectivity index (χ2v) is 7.45. The molecule has 1 aliphatic rings. The molecule has 126 valence electrons. The zero-order chi connectivity index (χ0) is 16.8. The summed E-state index contributed by atoms with van der Waals surface area (Å²) in [4.78, 5) is 17.4. The Morgan fingerprint density at radius 3 is 2.71 bits per heavy atom. The summed E-state index contributed by atoms with van der Waals surface area (Å²) in [6.07, 6.45) is 6.06. The molecule has 0 bridgehead atoms. The first-order valence-corrected chi connectivity index (χ1v) is 9.07. The molecule has 1 fully saturated rings. The Labute approximate surface area is 148 Å². The maximum Gasteiger partial charge on any atom is 0.329 e. The Morgan fingerprint density at radius 2 is 2.00 bits per heavy atom. The van der Waals surface area contributed by atoms with E-state index in [4.69, 9.17) is 4.74 Å². The van der Waals surface area contributed by atoms with Crippen molar-refractivity contribution in [3.63, 3.8) is 0 Å². The van der Waals surface area contributed by atoms with Gasteiger partial charge in [-0.1, -0.05) is 15.9 Å². The predicted molar refractivity (Wildman–Crippen MR) is 98.5 cm³/mol. The Morgan fingerprint density at radius 1 is 1.25 bits per heavy atom. The average Bonchev–Trinajstić information content (AvgIpc) is 2.87. The van der Waals surface area contributed by atoms with Gasteiger partial charge in [0.1, 0.15) is 0 Å². The first kappa shape index (κ1) is 15.8. The van der Waals surface area contributed by atoms with Gasteiger partial charge in [0.05, 0.1) is 28.9 Å². The van der Waals surface area contributed by atoms with E-state index in [1.54, 1.807) is 11.7 Å². The van der Waals surface area contributed by atoms with E-state index >= 15 is 0 Å². The van der Waals surface area contributed by atoms with E-state index in [9.17, 15) is 4.79 Å². The molecule has 1 aliphatic carbocycles. The fourth-order valence-corrected chi connectivity index (χ4v) is 4.24. The molecular formula is C18H20BrN3O2. The predicted octanol–water partition coefficient (Wildman–Crippen LogP) is 3.78. The van der Waals surface area contributed by atoms with E-state index in [1.807, 2.05) is 29.9 Å². The van der Waals surface area contributed by atoms with Crippen LogP contribution in [0.15, 0.2) is 33.7 Å². The number of halogens is 1. The van der Waals surface area contributed by atoms with Crippen LogP contribution in [0.2, 0.25) is 0 Å². The van der Waals surface area contributed by atoms with Crippen LogP contribution in [0.3, 0.4) is 0 Å². The minimum Gasteiger partial charge on any atom is -0.381 e. The molecule has 0 aliphatic heterocycles. The summed E-state index contributed by atoms with van der Waals surface area (Å²) >= 11 is 3.54. The lowest BCUT2D eigenvalue weighted by molar-refractivity contribution is 0.0585. The summed E-state index contributed by atoms with van der Waals surface area (Å²) in [6, 6.07) is 6.25. The third kappa shape index (κ3) is 2.40. The highest BCUT2D eigenvalue weighted by molar-refractivity contribution is 9.10. The standard InChI is InChI=1S/C18H20BrN3O2/c1-21-16-10-20-15-8-3-11(19)9-14(15)17(16)22(18(21)23)12-4-6-13(24-2)7-5-12/h3,8-10,12-13H,4-7H2,1-2H3/t12-,13+. The molecule has 0 atom stereocenters. The number of rotatable bonds is 2. The number of pyridine rings is 1. The molecule has 4 rings (SSSR count). The van der Waals surface area contributed by atoms with Gasteiger partial charge in [0, 0.05) is 30.1 Å². The summed E-state index contributed by atoms with van der Waals surface area (Å²) in [7, 11) is 3.60. The molecule has 6 heteroatoms. The molecular weight excluding hydrogens is 370 g/mol. The Balaban J connectivity index is 1.96. The van der Waals surface area contributed by atoms with E-state index in [-0.39, 0.29) is 11.7 Å². The Bertz CT molecular complexity index is 968. The molecule has 0 radical (unpaired) electrons. The molecule has 0 saturated heterocycles. The van der Waals surface area contributed by atoms with Crippen LogP contribution in [-0.2, 0) is 11.8 Å². The van der Waals surface area contributed by atoms with Crippen molar-refractivity contribution in [3.8, 4) is 0 Å². The largest absolute Gasteiger partial charge is 0.381 e. The van der Waals surface area contributed by atoms with Gasteiger partial charge in [-0.3, -0.25) is 14.1 Å². The normalized spacial score (nSPS) is 21.6. The Hall–Kier alpha value is -1.66. The van der Waals surface area contributed by atoms with Gasteiger partial charge in [0.15, 0.2) is 0 Å². The lowest BCUT2D eigenvalue weighted by Crippen LogP contribution is -2.30. The summed E-state index contributed by atoms with van der Waals surface area (Å²) in [5, 5.41) is 1.02. The number of benzene rings is 1. The van der Waals surface area contributed by atoms with Crippen LogP contribution in [0, 0.1) is 0 Å². The second kappa shape index (κ2) is 6.01. The number of methoxy groups -OCH3 is 1. The number of aryl methyl sites for hydroxylation is 1. The third-order valence-electron chi connectivity index (χ3n) is 5.22. The molecule has 3 aromatic rings. The molecule has 24 heavy (non-hydrogen) atoms. The van der Waals surface area contributed by atoms with Gasteiger partial charge >= 0.3 is 5.69 Å². The number of fused-ring (bicyclic) bond motifs is 3. The average molecular weight is 390 g/mol. The fourth-order valence-electron chi connectivity index (χ4n) is 3.88. The van der Waals surface area contributed by atoms with Crippen molar-refractivity contribution in [3.05, 3.63) is 39.4 Å². The van der Waals surface area contributed by atoms with E-state index in [1.165, 1.54) is 0 Å². The van der Waals surface area contributed by atoms with Crippen LogP contribution in [0.4, 0.5) is 0 Å². The molecule has 0 N–H and O–H groups in total. The molecule has 0 amide bonds. The minimum atomic E-state index is 0.0418. The van der Waals surface area contributed by atoms with Gasteiger partial charge in [-0.2, -0.15) is 0 Å². The van der Waals surface area contributed by atoms with Crippen molar-refractivity contribution in [1.82, 2.24) is 14.1 Å². The van der Waals surface area contributed by atoms with Gasteiger partial charge < -0.3 is 4.74 Å². The van der Waals surface area contributed by atoms with Crippen LogP contribution in [0.25, 0.3) is 21.9 Å². The van der Waals surface area contributed by atoms with E-state index in [0.29, 0.717) is 6.10 Å². The van der Waals surface area contributed by atoms with E-state index in [2.05, 4.69) is 27.0 Å². The lowest BCUT2D eigenvalue weighted by atomic mass is 9.92. The first-order valence-electron chi connectivity index (χ1n) is 8.28. The summed E-state index contributed by atoms with van der Waals surface area (Å²) < 4.78 is 10.2. The summed E-state index contributed by atoms with van der Waals surface area (Å²) in [6.45, 7) is 0. The number of nitrogens with zero attached hydrogens (tertiary/aromatic N) is 3. The highest BCUT2D eigenvalue weighted by Crippen LogP contribution is 2.33. The lowest BCUT2D eigenvalue weighted by Gasteiger charge is -2.28. The maximum absolute atomic E-state index is 12.9. The van der Waals surface area contributed by atoms with Crippen LogP contribution < -0.4 is 5.69 Å². The molecule has 0 unspecified atom stereocenters. The quantitative estimate of drug-likeness (QED) is 0.669. The second-order valence-electron chi connectivity index (χ2n) is 6.53. The van der Waals surface area contributed by atoms with E-state index < -0.39 is 0 Å². The number of hydrogen-bond acceptors (Lipinski definition) is 3. The van der Waals surface area contributed by atoms with Gasteiger partial charge in [0.25, 0.3) is 0 Å². The SMILES string of the molecule is CO[C@H]1CC[C@@H](n2c(=O)n(C)c3cnc4ccc(Br)cc4c32)CC1. The number of ether oxygens (including phenoxy) is 1. The molecule has 0 spiro atoms. The number of hydrogen-bond donors (Lipinski definition) is 0. The molecule has 2 aromatic heterocycles. The maximum atomic E-state index is 12.9.